The molecule has 0 fully saturated rings. The molecule has 0 aliphatic carbocycles. The van der Waals surface area contributed by atoms with Gasteiger partial charge in [0.25, 0.3) is 0 Å². The molecule has 2 rings (SSSR count). The Bertz CT molecular complexity index is 721. The molecule has 26 heavy (non-hydrogen) atoms. The van der Waals surface area contributed by atoms with Gasteiger partial charge in [0.2, 0.25) is 16.9 Å². The first-order valence-electron chi connectivity index (χ1n) is 7.97. The monoisotopic (exact) mass is 395 g/mol. The fourth-order valence-corrected chi connectivity index (χ4v) is 3.45. The third kappa shape index (κ3) is 6.89. The number of carbonyl (C=O) groups is 2. The first-order valence-corrected chi connectivity index (χ1v) is 9.77. The van der Waals surface area contributed by atoms with Gasteiger partial charge in [-0.25, -0.2) is 0 Å². The molecule has 10 heteroatoms. The van der Waals surface area contributed by atoms with Crippen LogP contribution < -0.4 is 20.7 Å². The summed E-state index contributed by atoms with van der Waals surface area (Å²) < 4.78 is 5.82. The Morgan fingerprint density at radius 1 is 1.15 bits per heavy atom. The van der Waals surface area contributed by atoms with Crippen LogP contribution in [0.4, 0.5) is 5.13 Å². The molecule has 0 bridgehead atoms. The van der Waals surface area contributed by atoms with E-state index >= 15 is 0 Å². The molecule has 1 aromatic carbocycles. The van der Waals surface area contributed by atoms with Crippen molar-refractivity contribution in [1.29, 1.82) is 0 Å². The van der Waals surface area contributed by atoms with E-state index in [4.69, 9.17) is 4.74 Å². The molecule has 2 aromatic rings. The predicted molar refractivity (Wildman–Crippen MR) is 103 cm³/mol. The summed E-state index contributed by atoms with van der Waals surface area (Å²) in [5.41, 5.74) is 1.10. The molecule has 0 unspecified atom stereocenters. The zero-order valence-electron chi connectivity index (χ0n) is 14.6. The van der Waals surface area contributed by atoms with Crippen molar-refractivity contribution in [3.05, 3.63) is 29.8 Å². The SMILES string of the molecule is CCNC(=O)CNC(=O)CSc1nnc(NCc2ccc(OC)cc2)s1. The second kappa shape index (κ2) is 10.6. The second-order valence-corrected chi connectivity index (χ2v) is 7.29. The molecule has 1 aromatic heterocycles. The Labute approximate surface area is 160 Å². The Kier molecular flexibility index (Phi) is 8.16. The van der Waals surface area contributed by atoms with E-state index in [9.17, 15) is 9.59 Å². The van der Waals surface area contributed by atoms with E-state index < -0.39 is 0 Å². The van der Waals surface area contributed by atoms with Crippen LogP contribution >= 0.6 is 23.1 Å². The van der Waals surface area contributed by atoms with Crippen molar-refractivity contribution < 1.29 is 14.3 Å². The van der Waals surface area contributed by atoms with Crippen molar-refractivity contribution in [2.45, 2.75) is 17.8 Å². The summed E-state index contributed by atoms with van der Waals surface area (Å²) in [6.45, 7) is 2.97. The number of ether oxygens (including phenoxy) is 1. The molecule has 2 amide bonds. The van der Waals surface area contributed by atoms with Gasteiger partial charge in [0.05, 0.1) is 19.4 Å². The van der Waals surface area contributed by atoms with Crippen LogP contribution in [-0.2, 0) is 16.1 Å². The Hall–Kier alpha value is -2.33. The molecular formula is C16H21N5O3S2. The number of thioether (sulfide) groups is 1. The molecule has 8 nitrogen and oxygen atoms in total. The van der Waals surface area contributed by atoms with E-state index in [0.717, 1.165) is 11.3 Å². The molecular weight excluding hydrogens is 374 g/mol. The highest BCUT2D eigenvalue weighted by atomic mass is 32.2. The van der Waals surface area contributed by atoms with Crippen LogP contribution in [0.15, 0.2) is 28.6 Å². The number of hydrogen-bond donors (Lipinski definition) is 3. The highest BCUT2D eigenvalue weighted by Gasteiger charge is 2.09. The maximum absolute atomic E-state index is 11.7. The maximum Gasteiger partial charge on any atom is 0.239 e. The molecule has 0 saturated carbocycles. The Morgan fingerprint density at radius 2 is 1.92 bits per heavy atom. The highest BCUT2D eigenvalue weighted by molar-refractivity contribution is 8.01. The zero-order chi connectivity index (χ0) is 18.8. The number of nitrogens with zero attached hydrogens (tertiary/aromatic N) is 2. The molecule has 140 valence electrons. The van der Waals surface area contributed by atoms with Crippen molar-refractivity contribution in [2.75, 3.05) is 31.3 Å². The first kappa shape index (κ1) is 20.0. The number of benzene rings is 1. The van der Waals surface area contributed by atoms with Crippen molar-refractivity contribution >= 4 is 40.0 Å². The fourth-order valence-electron chi connectivity index (χ4n) is 1.88. The highest BCUT2D eigenvalue weighted by Crippen LogP contribution is 2.25. The number of likely N-dealkylation sites (N-methyl/N-ethyl adjacent to an activating group) is 1. The van der Waals surface area contributed by atoms with Crippen molar-refractivity contribution in [3.8, 4) is 5.75 Å². The molecule has 0 radical (unpaired) electrons. The maximum atomic E-state index is 11.7. The Balaban J connectivity index is 1.71. The first-order chi connectivity index (χ1) is 12.6. The minimum absolute atomic E-state index is 0.0159. The summed E-state index contributed by atoms with van der Waals surface area (Å²) in [6, 6.07) is 7.75. The molecule has 1 heterocycles. The number of anilines is 1. The van der Waals surface area contributed by atoms with Gasteiger partial charge in [-0.2, -0.15) is 0 Å². The lowest BCUT2D eigenvalue weighted by molar-refractivity contribution is -0.124. The molecule has 0 spiro atoms. The molecule has 0 atom stereocenters. The van der Waals surface area contributed by atoms with E-state index in [1.54, 1.807) is 7.11 Å². The van der Waals surface area contributed by atoms with Crippen LogP contribution in [0, 0.1) is 0 Å². The number of nitrogens with one attached hydrogen (secondary N) is 3. The minimum Gasteiger partial charge on any atom is -0.497 e. The van der Waals surface area contributed by atoms with Crippen molar-refractivity contribution in [1.82, 2.24) is 20.8 Å². The third-order valence-corrected chi connectivity index (χ3v) is 5.17. The van der Waals surface area contributed by atoms with E-state index in [2.05, 4.69) is 26.1 Å². The smallest absolute Gasteiger partial charge is 0.239 e. The van der Waals surface area contributed by atoms with Gasteiger partial charge in [0.15, 0.2) is 4.34 Å². The topological polar surface area (TPSA) is 105 Å². The predicted octanol–water partition coefficient (Wildman–Crippen LogP) is 1.50. The number of hydrogen-bond acceptors (Lipinski definition) is 8. The lowest BCUT2D eigenvalue weighted by Crippen LogP contribution is -2.37. The number of amides is 2. The van der Waals surface area contributed by atoms with Crippen LogP contribution in [0.3, 0.4) is 0 Å². The fraction of sp³-hybridized carbons (Fsp3) is 0.375. The number of carbonyl (C=O) groups excluding carboxylic acids is 2. The van der Waals surface area contributed by atoms with Gasteiger partial charge in [0, 0.05) is 13.1 Å². The van der Waals surface area contributed by atoms with Crippen molar-refractivity contribution in [2.24, 2.45) is 0 Å². The van der Waals surface area contributed by atoms with Gasteiger partial charge in [0.1, 0.15) is 5.75 Å². The van der Waals surface area contributed by atoms with E-state index in [1.165, 1.54) is 23.1 Å². The van der Waals surface area contributed by atoms with Gasteiger partial charge >= 0.3 is 0 Å². The third-order valence-electron chi connectivity index (χ3n) is 3.16. The lowest BCUT2D eigenvalue weighted by Gasteiger charge is -2.04. The zero-order valence-corrected chi connectivity index (χ0v) is 16.2. The molecule has 0 saturated heterocycles. The van der Waals surface area contributed by atoms with Crippen molar-refractivity contribution in [3.63, 3.8) is 0 Å². The summed E-state index contributed by atoms with van der Waals surface area (Å²) in [7, 11) is 1.63. The van der Waals surface area contributed by atoms with Crippen LogP contribution in [0.5, 0.6) is 5.75 Å². The van der Waals surface area contributed by atoms with Gasteiger partial charge < -0.3 is 20.7 Å². The van der Waals surface area contributed by atoms with Crippen LogP contribution in [0.2, 0.25) is 0 Å². The van der Waals surface area contributed by atoms with E-state index in [1.807, 2.05) is 31.2 Å². The van der Waals surface area contributed by atoms with Gasteiger partial charge in [-0.3, -0.25) is 9.59 Å². The van der Waals surface area contributed by atoms with E-state index in [0.29, 0.717) is 22.6 Å². The van der Waals surface area contributed by atoms with E-state index in [-0.39, 0.29) is 24.1 Å². The normalized spacial score (nSPS) is 10.2. The summed E-state index contributed by atoms with van der Waals surface area (Å²) in [4.78, 5) is 23.0. The van der Waals surface area contributed by atoms with Gasteiger partial charge in [-0.1, -0.05) is 35.2 Å². The average Bonchev–Trinajstić information content (AvgIpc) is 3.11. The number of rotatable bonds is 10. The second-order valence-electron chi connectivity index (χ2n) is 5.09. The van der Waals surface area contributed by atoms with Crippen LogP contribution in [-0.4, -0.2) is 48.0 Å². The summed E-state index contributed by atoms with van der Waals surface area (Å²) in [5, 5.41) is 17.2. The van der Waals surface area contributed by atoms with Crippen LogP contribution in [0.1, 0.15) is 12.5 Å². The average molecular weight is 396 g/mol. The summed E-state index contributed by atoms with van der Waals surface area (Å²) >= 11 is 2.67. The lowest BCUT2D eigenvalue weighted by atomic mass is 10.2. The number of aromatic nitrogens is 2. The standard InChI is InChI=1S/C16H21N5O3S2/c1-3-17-13(22)9-18-14(23)10-25-16-21-20-15(26-16)19-8-11-4-6-12(24-2)7-5-11/h4-7H,3,8-10H2,1-2H3,(H,17,22)(H,18,23)(H,19,20). The Morgan fingerprint density at radius 3 is 2.62 bits per heavy atom. The van der Waals surface area contributed by atoms with Gasteiger partial charge in [-0.05, 0) is 24.6 Å². The number of methoxy groups -OCH3 is 1. The van der Waals surface area contributed by atoms with Crippen LogP contribution in [0.25, 0.3) is 0 Å². The minimum atomic E-state index is -0.218. The van der Waals surface area contributed by atoms with Gasteiger partial charge in [-0.15, -0.1) is 10.2 Å². The molecule has 0 aliphatic rings. The summed E-state index contributed by atoms with van der Waals surface area (Å²) in [5.74, 6) is 0.580. The quantitative estimate of drug-likeness (QED) is 0.524. The molecule has 3 N–H and O–H groups in total. The largest absolute Gasteiger partial charge is 0.497 e. The molecule has 0 aliphatic heterocycles. The summed E-state index contributed by atoms with van der Waals surface area (Å²) in [6.07, 6.45) is 0.